The summed E-state index contributed by atoms with van der Waals surface area (Å²) in [6.07, 6.45) is -4.01. The smallest absolute Gasteiger partial charge is 0.407 e. The topological polar surface area (TPSA) is 111 Å². The lowest BCUT2D eigenvalue weighted by atomic mass is 9.88. The van der Waals surface area contributed by atoms with Crippen LogP contribution in [0.25, 0.3) is 0 Å². The van der Waals surface area contributed by atoms with Crippen LogP contribution < -0.4 is 20.7 Å². The maximum Gasteiger partial charge on any atom is 0.407 e. The fraction of sp³-hybridized carbons (Fsp3) is 0.344. The molecule has 2 amide bonds. The first-order chi connectivity index (χ1) is 21.9. The standard InChI is InChI=1S/C32H33F5N4O5/c1-19(29-15-39-23(16-45-29)17-46-31(43)40-18-32(35,36)37)11-26-27(34)13-38-14-28(26)41-30(42)12-25(20-3-7-22(33)8-4-20)21-5-9-24(44-2)10-6-21/h3-10,13-14,23,25,29,39H,1,11-12,15-18H2,2H3,(H,40,43)(H,41,42)/t23-,25-,29-/m0/s1. The number of pyridine rings is 1. The highest BCUT2D eigenvalue weighted by Crippen LogP contribution is 2.31. The lowest BCUT2D eigenvalue weighted by Crippen LogP contribution is -2.50. The van der Waals surface area contributed by atoms with Crippen molar-refractivity contribution >= 4 is 17.7 Å². The molecule has 0 aliphatic carbocycles. The summed E-state index contributed by atoms with van der Waals surface area (Å²) in [6.45, 7) is 2.55. The molecule has 246 valence electrons. The molecular weight excluding hydrogens is 615 g/mol. The fourth-order valence-corrected chi connectivity index (χ4v) is 4.83. The highest BCUT2D eigenvalue weighted by atomic mass is 19.4. The zero-order chi connectivity index (χ0) is 33.3. The molecule has 1 aliphatic rings. The number of alkyl halides is 3. The molecule has 2 aromatic carbocycles. The first kappa shape index (κ1) is 34.3. The van der Waals surface area contributed by atoms with Crippen LogP contribution in [-0.2, 0) is 20.7 Å². The molecule has 1 saturated heterocycles. The van der Waals surface area contributed by atoms with E-state index in [9.17, 15) is 27.2 Å². The molecular formula is C32H33F5N4O5. The van der Waals surface area contributed by atoms with Crippen LogP contribution in [0.15, 0.2) is 73.1 Å². The Labute approximate surface area is 262 Å². The van der Waals surface area contributed by atoms with E-state index in [4.69, 9.17) is 14.2 Å². The van der Waals surface area contributed by atoms with Crippen molar-refractivity contribution in [2.75, 3.05) is 38.7 Å². The van der Waals surface area contributed by atoms with Crippen LogP contribution >= 0.6 is 0 Å². The average Bonchev–Trinajstić information content (AvgIpc) is 3.03. The van der Waals surface area contributed by atoms with E-state index in [1.807, 2.05) is 12.1 Å². The van der Waals surface area contributed by atoms with E-state index in [0.29, 0.717) is 16.9 Å². The Balaban J connectivity index is 1.36. The monoisotopic (exact) mass is 648 g/mol. The molecule has 0 unspecified atom stereocenters. The Morgan fingerprint density at radius 2 is 1.76 bits per heavy atom. The molecule has 1 fully saturated rings. The second-order valence-corrected chi connectivity index (χ2v) is 10.6. The molecule has 0 bridgehead atoms. The molecule has 3 N–H and O–H groups in total. The highest BCUT2D eigenvalue weighted by Gasteiger charge is 2.29. The summed E-state index contributed by atoms with van der Waals surface area (Å²) in [6, 6.07) is 12.5. The lowest BCUT2D eigenvalue weighted by Gasteiger charge is -2.31. The number of rotatable bonds is 12. The molecule has 1 aliphatic heterocycles. The van der Waals surface area contributed by atoms with Crippen LogP contribution in [0.3, 0.4) is 0 Å². The number of aromatic nitrogens is 1. The zero-order valence-electron chi connectivity index (χ0n) is 24.8. The minimum atomic E-state index is -4.56. The number of halogens is 5. The molecule has 3 atom stereocenters. The Morgan fingerprint density at radius 1 is 1.09 bits per heavy atom. The normalized spacial score (nSPS) is 17.1. The molecule has 9 nitrogen and oxygen atoms in total. The minimum absolute atomic E-state index is 0.00278. The summed E-state index contributed by atoms with van der Waals surface area (Å²) in [4.78, 5) is 28.7. The SMILES string of the molecule is C=C(Cc1c(F)cncc1NC(=O)C[C@@H](c1ccc(F)cc1)c1ccc(OC)cc1)[C@@H]1CN[C@H](COC(=O)NCC(F)(F)F)CO1. The number of ether oxygens (including phenoxy) is 3. The Bertz CT molecular complexity index is 1490. The summed E-state index contributed by atoms with van der Waals surface area (Å²) in [5, 5.41) is 7.44. The van der Waals surface area contributed by atoms with Gasteiger partial charge in [0.1, 0.15) is 30.5 Å². The number of benzene rings is 2. The number of nitrogens with one attached hydrogen (secondary N) is 3. The third-order valence-electron chi connectivity index (χ3n) is 7.26. The van der Waals surface area contributed by atoms with Crippen molar-refractivity contribution < 1.29 is 45.8 Å². The van der Waals surface area contributed by atoms with Crippen LogP contribution in [0.2, 0.25) is 0 Å². The summed E-state index contributed by atoms with van der Waals surface area (Å²) >= 11 is 0. The maximum atomic E-state index is 15.0. The number of alkyl carbamates (subject to hydrolysis) is 1. The van der Waals surface area contributed by atoms with Gasteiger partial charge in [0.2, 0.25) is 5.91 Å². The van der Waals surface area contributed by atoms with Crippen molar-refractivity contribution in [1.29, 1.82) is 0 Å². The van der Waals surface area contributed by atoms with E-state index in [1.54, 1.807) is 36.7 Å². The third-order valence-corrected chi connectivity index (χ3v) is 7.26. The number of hydrogen-bond acceptors (Lipinski definition) is 7. The van der Waals surface area contributed by atoms with E-state index in [0.717, 1.165) is 11.8 Å². The Hall–Kier alpha value is -4.56. The molecule has 0 radical (unpaired) electrons. The van der Waals surface area contributed by atoms with Crippen LogP contribution in [0.1, 0.15) is 29.0 Å². The van der Waals surface area contributed by atoms with Gasteiger partial charge in [-0.05, 0) is 41.0 Å². The Kier molecular flexibility index (Phi) is 11.7. The van der Waals surface area contributed by atoms with Gasteiger partial charge in [0.15, 0.2) is 0 Å². The van der Waals surface area contributed by atoms with Gasteiger partial charge >= 0.3 is 12.3 Å². The molecule has 0 spiro atoms. The van der Waals surface area contributed by atoms with Gasteiger partial charge in [-0.3, -0.25) is 9.78 Å². The summed E-state index contributed by atoms with van der Waals surface area (Å²) < 4.78 is 81.2. The van der Waals surface area contributed by atoms with E-state index < -0.39 is 54.4 Å². The van der Waals surface area contributed by atoms with Gasteiger partial charge in [-0.1, -0.05) is 30.8 Å². The largest absolute Gasteiger partial charge is 0.497 e. The van der Waals surface area contributed by atoms with Crippen molar-refractivity contribution in [2.45, 2.75) is 37.1 Å². The number of morpholine rings is 1. The quantitative estimate of drug-likeness (QED) is 0.181. The number of carbonyl (C=O) groups excluding carboxylic acids is 2. The molecule has 2 heterocycles. The molecule has 14 heteroatoms. The number of amides is 2. The fourth-order valence-electron chi connectivity index (χ4n) is 4.83. The van der Waals surface area contributed by atoms with Gasteiger partial charge in [-0.2, -0.15) is 13.2 Å². The van der Waals surface area contributed by atoms with Crippen molar-refractivity contribution in [3.8, 4) is 5.75 Å². The second kappa shape index (κ2) is 15.6. The first-order valence-corrected chi connectivity index (χ1v) is 14.2. The minimum Gasteiger partial charge on any atom is -0.497 e. The summed E-state index contributed by atoms with van der Waals surface area (Å²) in [5.41, 5.74) is 2.28. The Morgan fingerprint density at radius 3 is 2.37 bits per heavy atom. The van der Waals surface area contributed by atoms with Crippen LogP contribution in [-0.4, -0.2) is 68.7 Å². The number of methoxy groups -OCH3 is 1. The van der Waals surface area contributed by atoms with Gasteiger partial charge in [0.25, 0.3) is 0 Å². The lowest BCUT2D eigenvalue weighted by molar-refractivity contribution is -0.124. The first-order valence-electron chi connectivity index (χ1n) is 14.2. The van der Waals surface area contributed by atoms with Crippen LogP contribution in [0.4, 0.5) is 32.4 Å². The molecule has 4 rings (SSSR count). The molecule has 3 aromatic rings. The summed E-state index contributed by atoms with van der Waals surface area (Å²) in [5.74, 6) is -1.31. The highest BCUT2D eigenvalue weighted by molar-refractivity contribution is 5.92. The number of carbonyl (C=O) groups is 2. The van der Waals surface area contributed by atoms with E-state index in [2.05, 4.69) is 22.2 Å². The van der Waals surface area contributed by atoms with Crippen molar-refractivity contribution in [3.63, 3.8) is 0 Å². The second-order valence-electron chi connectivity index (χ2n) is 10.6. The number of nitrogens with zero attached hydrogens (tertiary/aromatic N) is 1. The van der Waals surface area contributed by atoms with Gasteiger partial charge in [0.05, 0.1) is 43.9 Å². The average molecular weight is 649 g/mol. The maximum absolute atomic E-state index is 15.0. The van der Waals surface area contributed by atoms with E-state index >= 15 is 4.39 Å². The van der Waals surface area contributed by atoms with Gasteiger partial charge < -0.3 is 30.2 Å². The number of anilines is 1. The van der Waals surface area contributed by atoms with Crippen molar-refractivity contribution in [2.24, 2.45) is 0 Å². The van der Waals surface area contributed by atoms with Gasteiger partial charge in [0, 0.05) is 30.9 Å². The van der Waals surface area contributed by atoms with Gasteiger partial charge in [-0.25, -0.2) is 13.6 Å². The third kappa shape index (κ3) is 9.97. The van der Waals surface area contributed by atoms with Crippen LogP contribution in [0.5, 0.6) is 5.75 Å². The summed E-state index contributed by atoms with van der Waals surface area (Å²) in [7, 11) is 1.54. The number of hydrogen-bond donors (Lipinski definition) is 3. The molecule has 46 heavy (non-hydrogen) atoms. The van der Waals surface area contributed by atoms with E-state index in [-0.39, 0.29) is 43.9 Å². The van der Waals surface area contributed by atoms with Crippen LogP contribution in [0, 0.1) is 11.6 Å². The zero-order valence-corrected chi connectivity index (χ0v) is 24.8. The predicted octanol–water partition coefficient (Wildman–Crippen LogP) is 5.27. The molecule has 1 aromatic heterocycles. The predicted molar refractivity (Wildman–Crippen MR) is 158 cm³/mol. The van der Waals surface area contributed by atoms with Crippen molar-refractivity contribution in [3.05, 3.63) is 101 Å². The van der Waals surface area contributed by atoms with E-state index in [1.165, 1.54) is 18.3 Å². The van der Waals surface area contributed by atoms with Gasteiger partial charge in [-0.15, -0.1) is 0 Å². The van der Waals surface area contributed by atoms with Crippen molar-refractivity contribution in [1.82, 2.24) is 15.6 Å². The molecule has 0 saturated carbocycles.